The van der Waals surface area contributed by atoms with Crippen LogP contribution >= 0.6 is 0 Å². The van der Waals surface area contributed by atoms with Crippen molar-refractivity contribution >= 4 is 5.91 Å². The Kier molecular flexibility index (Phi) is 5.88. The maximum absolute atomic E-state index is 13.5. The first-order chi connectivity index (χ1) is 12.5. The third-order valence-electron chi connectivity index (χ3n) is 5.42. The molecule has 1 aromatic heterocycles. The van der Waals surface area contributed by atoms with E-state index in [-0.39, 0.29) is 30.0 Å². The molecule has 26 heavy (non-hydrogen) atoms. The monoisotopic (exact) mass is 362 g/mol. The van der Waals surface area contributed by atoms with Gasteiger partial charge < -0.3 is 10.3 Å². The van der Waals surface area contributed by atoms with Gasteiger partial charge in [0.25, 0.3) is 5.56 Å². The molecule has 1 amide bonds. The molecule has 1 unspecified atom stereocenters. The molecule has 1 saturated carbocycles. The van der Waals surface area contributed by atoms with Crippen molar-refractivity contribution in [2.75, 3.05) is 13.6 Å². The van der Waals surface area contributed by atoms with E-state index in [1.54, 1.807) is 0 Å². The fourth-order valence-electron chi connectivity index (χ4n) is 3.90. The summed E-state index contributed by atoms with van der Waals surface area (Å²) in [5, 5.41) is 4.71. The Bertz CT molecular complexity index is 725. The Morgan fingerprint density at radius 1 is 1.38 bits per heavy atom. The number of carbonyl (C=O) groups excluding carboxylic acids is 1. The SMILES string of the molecule is C=CC(=O)NCc1c(C2CCN(C)N2)cc(C2CCC(F)CC2)[nH]c1=O. The van der Waals surface area contributed by atoms with Crippen LogP contribution < -0.4 is 16.3 Å². The second-order valence-corrected chi connectivity index (χ2v) is 7.25. The Balaban J connectivity index is 1.91. The minimum Gasteiger partial charge on any atom is -0.348 e. The first kappa shape index (κ1) is 18.8. The topological polar surface area (TPSA) is 77.2 Å². The molecule has 1 aromatic rings. The van der Waals surface area contributed by atoms with E-state index >= 15 is 0 Å². The van der Waals surface area contributed by atoms with Crippen LogP contribution in [0.4, 0.5) is 4.39 Å². The molecule has 2 aliphatic rings. The summed E-state index contributed by atoms with van der Waals surface area (Å²) in [6, 6.07) is 2.07. The standard InChI is InChI=1S/C19H27FN4O2/c1-3-18(25)21-11-15-14(16-8-9-24(2)23-16)10-17(22-19(15)26)12-4-6-13(20)7-5-12/h3,10,12-13,16,23H,1,4-9,11H2,2H3,(H,21,25)(H,22,26). The first-order valence-electron chi connectivity index (χ1n) is 9.25. The summed E-state index contributed by atoms with van der Waals surface area (Å²) in [5.74, 6) is -0.124. The average Bonchev–Trinajstić information content (AvgIpc) is 3.06. The van der Waals surface area contributed by atoms with Crippen LogP contribution in [0.1, 0.15) is 60.9 Å². The van der Waals surface area contributed by atoms with E-state index in [9.17, 15) is 14.0 Å². The number of aromatic amines is 1. The molecule has 2 heterocycles. The number of amides is 1. The Labute approximate surface area is 152 Å². The van der Waals surface area contributed by atoms with Gasteiger partial charge >= 0.3 is 0 Å². The van der Waals surface area contributed by atoms with Crippen LogP contribution in [0.25, 0.3) is 0 Å². The minimum absolute atomic E-state index is 0.0363. The van der Waals surface area contributed by atoms with Crippen molar-refractivity contribution in [3.8, 4) is 0 Å². The van der Waals surface area contributed by atoms with Gasteiger partial charge in [-0.25, -0.2) is 14.8 Å². The Hall–Kier alpha value is -1.99. The number of halogens is 1. The van der Waals surface area contributed by atoms with Gasteiger partial charge in [-0.05, 0) is 55.7 Å². The molecular weight excluding hydrogens is 335 g/mol. The molecule has 6 nitrogen and oxygen atoms in total. The molecule has 0 bridgehead atoms. The largest absolute Gasteiger partial charge is 0.348 e. The minimum atomic E-state index is -0.726. The predicted molar refractivity (Wildman–Crippen MR) is 98.3 cm³/mol. The lowest BCUT2D eigenvalue weighted by molar-refractivity contribution is -0.116. The normalized spacial score (nSPS) is 26.6. The van der Waals surface area contributed by atoms with Crippen LogP contribution in [0, 0.1) is 0 Å². The summed E-state index contributed by atoms with van der Waals surface area (Å²) in [6.07, 6.45) is 3.95. The third kappa shape index (κ3) is 4.22. The molecule has 0 spiro atoms. The zero-order valence-electron chi connectivity index (χ0n) is 15.2. The van der Waals surface area contributed by atoms with Crippen LogP contribution in [0.2, 0.25) is 0 Å². The molecule has 1 atom stereocenters. The summed E-state index contributed by atoms with van der Waals surface area (Å²) < 4.78 is 13.5. The maximum atomic E-state index is 13.5. The average molecular weight is 362 g/mol. The first-order valence-corrected chi connectivity index (χ1v) is 9.25. The maximum Gasteiger partial charge on any atom is 0.253 e. The smallest absolute Gasteiger partial charge is 0.253 e. The number of hydrogen-bond acceptors (Lipinski definition) is 4. The zero-order valence-corrected chi connectivity index (χ0v) is 15.2. The van der Waals surface area contributed by atoms with Crippen molar-refractivity contribution in [3.05, 3.63) is 45.9 Å². The lowest BCUT2D eigenvalue weighted by Crippen LogP contribution is -2.32. The Morgan fingerprint density at radius 3 is 2.73 bits per heavy atom. The molecule has 3 rings (SSSR count). The summed E-state index contributed by atoms with van der Waals surface area (Å²) in [6.45, 7) is 4.49. The van der Waals surface area contributed by atoms with E-state index in [2.05, 4.69) is 22.3 Å². The highest BCUT2D eigenvalue weighted by Gasteiger charge is 2.28. The van der Waals surface area contributed by atoms with E-state index in [1.165, 1.54) is 6.08 Å². The number of nitrogens with one attached hydrogen (secondary N) is 3. The second-order valence-electron chi connectivity index (χ2n) is 7.25. The highest BCUT2D eigenvalue weighted by atomic mass is 19.1. The number of rotatable bonds is 5. The van der Waals surface area contributed by atoms with Gasteiger partial charge in [0.05, 0.1) is 0 Å². The molecule has 1 aliphatic carbocycles. The molecule has 1 saturated heterocycles. The van der Waals surface area contributed by atoms with Gasteiger partial charge in [-0.2, -0.15) is 0 Å². The van der Waals surface area contributed by atoms with Gasteiger partial charge in [0.1, 0.15) is 6.17 Å². The number of hydrazine groups is 1. The third-order valence-corrected chi connectivity index (χ3v) is 5.42. The molecule has 0 radical (unpaired) electrons. The second kappa shape index (κ2) is 8.14. The molecule has 1 aliphatic heterocycles. The number of alkyl halides is 1. The molecule has 142 valence electrons. The van der Waals surface area contributed by atoms with Crippen molar-refractivity contribution in [2.24, 2.45) is 0 Å². The van der Waals surface area contributed by atoms with E-state index in [0.29, 0.717) is 18.4 Å². The molecule has 7 heteroatoms. The number of pyridine rings is 1. The van der Waals surface area contributed by atoms with E-state index in [0.717, 1.165) is 37.1 Å². The highest BCUT2D eigenvalue weighted by molar-refractivity contribution is 5.86. The summed E-state index contributed by atoms with van der Waals surface area (Å²) in [5.41, 5.74) is 5.55. The number of hydrogen-bond donors (Lipinski definition) is 3. The molecule has 0 aromatic carbocycles. The predicted octanol–water partition coefficient (Wildman–Crippen LogP) is 2.05. The number of nitrogens with zero attached hydrogens (tertiary/aromatic N) is 1. The van der Waals surface area contributed by atoms with Gasteiger partial charge in [-0.3, -0.25) is 9.59 Å². The quantitative estimate of drug-likeness (QED) is 0.701. The van der Waals surface area contributed by atoms with Crippen LogP contribution in [0.3, 0.4) is 0 Å². The van der Waals surface area contributed by atoms with E-state index in [4.69, 9.17) is 0 Å². The number of H-pyrrole nitrogens is 1. The zero-order chi connectivity index (χ0) is 18.7. The van der Waals surface area contributed by atoms with Crippen molar-refractivity contribution in [1.82, 2.24) is 20.7 Å². The van der Waals surface area contributed by atoms with E-state index in [1.807, 2.05) is 18.1 Å². The van der Waals surface area contributed by atoms with Crippen molar-refractivity contribution in [1.29, 1.82) is 0 Å². The van der Waals surface area contributed by atoms with E-state index < -0.39 is 6.17 Å². The lowest BCUT2D eigenvalue weighted by atomic mass is 9.84. The molecule has 3 N–H and O–H groups in total. The van der Waals surface area contributed by atoms with Crippen LogP contribution in [-0.4, -0.2) is 35.7 Å². The van der Waals surface area contributed by atoms with Crippen molar-refractivity contribution < 1.29 is 9.18 Å². The fraction of sp³-hybridized carbons (Fsp3) is 0.579. The fourth-order valence-corrected chi connectivity index (χ4v) is 3.90. The molecular formula is C19H27FN4O2. The van der Waals surface area contributed by atoms with Crippen LogP contribution in [-0.2, 0) is 11.3 Å². The van der Waals surface area contributed by atoms with Crippen molar-refractivity contribution in [3.63, 3.8) is 0 Å². The van der Waals surface area contributed by atoms with Gasteiger partial charge in [-0.15, -0.1) is 0 Å². The Morgan fingerprint density at radius 2 is 2.12 bits per heavy atom. The number of aromatic nitrogens is 1. The molecule has 2 fully saturated rings. The van der Waals surface area contributed by atoms with Gasteiger partial charge in [0.2, 0.25) is 5.91 Å². The summed E-state index contributed by atoms with van der Waals surface area (Å²) >= 11 is 0. The summed E-state index contributed by atoms with van der Waals surface area (Å²) in [7, 11) is 1.97. The van der Waals surface area contributed by atoms with Crippen LogP contribution in [0.15, 0.2) is 23.5 Å². The van der Waals surface area contributed by atoms with Gasteiger partial charge in [-0.1, -0.05) is 6.58 Å². The van der Waals surface area contributed by atoms with Gasteiger partial charge in [0.15, 0.2) is 0 Å². The summed E-state index contributed by atoms with van der Waals surface area (Å²) in [4.78, 5) is 27.3. The lowest BCUT2D eigenvalue weighted by Gasteiger charge is -2.26. The van der Waals surface area contributed by atoms with Crippen LogP contribution in [0.5, 0.6) is 0 Å². The highest BCUT2D eigenvalue weighted by Crippen LogP contribution is 2.34. The number of carbonyl (C=O) groups is 1. The van der Waals surface area contributed by atoms with Gasteiger partial charge in [0, 0.05) is 37.4 Å². The van der Waals surface area contributed by atoms with Crippen molar-refractivity contribution in [2.45, 2.75) is 56.8 Å².